The minimum absolute atomic E-state index is 0.713. The molecule has 1 aromatic carbocycles. The van der Waals surface area contributed by atoms with Crippen LogP contribution >= 0.6 is 0 Å². The predicted octanol–water partition coefficient (Wildman–Crippen LogP) is 5.73. The molecule has 2 aliphatic rings. The number of benzene rings is 1. The van der Waals surface area contributed by atoms with Crippen molar-refractivity contribution < 1.29 is 13.2 Å². The van der Waals surface area contributed by atoms with Gasteiger partial charge in [0.1, 0.15) is 0 Å². The molecule has 0 amide bonds. The molecule has 0 radical (unpaired) electrons. The maximum Gasteiger partial charge on any atom is 0.194 e. The molecule has 26 heavy (non-hydrogen) atoms. The molecule has 2 fully saturated rings. The topological polar surface area (TPSA) is 0 Å². The third-order valence-corrected chi connectivity index (χ3v) is 9.12. The fourth-order valence-corrected chi connectivity index (χ4v) is 7.39. The molecule has 2 saturated carbocycles. The van der Waals surface area contributed by atoms with Crippen molar-refractivity contribution >= 4 is 14.7 Å². The lowest BCUT2D eigenvalue weighted by atomic mass is 9.69. The zero-order valence-electron chi connectivity index (χ0n) is 16.1. The lowest BCUT2D eigenvalue weighted by molar-refractivity contribution is 0.147. The zero-order chi connectivity index (χ0) is 18.5. The van der Waals surface area contributed by atoms with Gasteiger partial charge in [-0.05, 0) is 61.5 Å². The summed E-state index contributed by atoms with van der Waals surface area (Å²) in [6.07, 6.45) is 13.7. The number of hydrogen-bond donors (Lipinski definition) is 0. The van der Waals surface area contributed by atoms with Gasteiger partial charge in [-0.25, -0.2) is 13.2 Å². The minimum atomic E-state index is -1.34. The Labute approximate surface area is 158 Å². The summed E-state index contributed by atoms with van der Waals surface area (Å²) < 4.78 is 39.7. The van der Waals surface area contributed by atoms with Crippen molar-refractivity contribution in [3.05, 3.63) is 29.6 Å². The van der Waals surface area contributed by atoms with Gasteiger partial charge >= 0.3 is 0 Å². The van der Waals surface area contributed by atoms with Crippen molar-refractivity contribution in [2.24, 2.45) is 23.7 Å². The van der Waals surface area contributed by atoms with E-state index in [9.17, 15) is 13.2 Å². The van der Waals surface area contributed by atoms with Crippen molar-refractivity contribution in [1.82, 2.24) is 0 Å². The highest BCUT2D eigenvalue weighted by atomic mass is 28.2. The summed E-state index contributed by atoms with van der Waals surface area (Å²) in [5, 5.41) is 0.720. The molecule has 1 aromatic rings. The van der Waals surface area contributed by atoms with Crippen molar-refractivity contribution in [3.8, 4) is 0 Å². The van der Waals surface area contributed by atoms with Gasteiger partial charge in [0.05, 0.1) is 9.52 Å². The second-order valence-electron chi connectivity index (χ2n) is 8.76. The van der Waals surface area contributed by atoms with E-state index < -0.39 is 27.0 Å². The van der Waals surface area contributed by atoms with E-state index >= 15 is 0 Å². The molecule has 0 spiro atoms. The third-order valence-electron chi connectivity index (χ3n) is 7.03. The Morgan fingerprint density at radius 1 is 0.808 bits per heavy atom. The Morgan fingerprint density at radius 3 is 1.81 bits per heavy atom. The second kappa shape index (κ2) is 9.43. The van der Waals surface area contributed by atoms with E-state index in [-0.39, 0.29) is 0 Å². The average Bonchev–Trinajstić information content (AvgIpc) is 2.66. The Morgan fingerprint density at radius 2 is 1.31 bits per heavy atom. The first-order chi connectivity index (χ1) is 12.6. The van der Waals surface area contributed by atoms with Crippen LogP contribution in [-0.2, 0) is 0 Å². The highest BCUT2D eigenvalue weighted by Gasteiger charge is 2.30. The average molecular weight is 383 g/mol. The van der Waals surface area contributed by atoms with Gasteiger partial charge < -0.3 is 0 Å². The first-order valence-corrected chi connectivity index (χ1v) is 12.4. The van der Waals surface area contributed by atoms with E-state index in [0.29, 0.717) is 5.92 Å². The second-order valence-corrected chi connectivity index (χ2v) is 10.7. The summed E-state index contributed by atoms with van der Waals surface area (Å²) in [5.41, 5.74) is 0. The van der Waals surface area contributed by atoms with Crippen LogP contribution in [0.2, 0.25) is 6.04 Å². The molecule has 0 atom stereocenters. The smallest absolute Gasteiger partial charge is 0.194 e. The summed E-state index contributed by atoms with van der Waals surface area (Å²) in [6.45, 7) is 2.30. The van der Waals surface area contributed by atoms with Crippen LogP contribution in [0.4, 0.5) is 13.2 Å². The van der Waals surface area contributed by atoms with Crippen molar-refractivity contribution in [2.45, 2.75) is 77.2 Å². The van der Waals surface area contributed by atoms with E-state index in [1.54, 1.807) is 0 Å². The highest BCUT2D eigenvalue weighted by molar-refractivity contribution is 6.53. The summed E-state index contributed by atoms with van der Waals surface area (Å²) >= 11 is 0. The van der Waals surface area contributed by atoms with Gasteiger partial charge in [0, 0.05) is 0 Å². The molecule has 3 rings (SSSR count). The standard InChI is InChI=1S/C22H33F3Si/c1-2-3-15-4-8-17(9-5-15)18-10-6-16(7-11-18)14-26-19-12-20(23)22(25)21(24)13-19/h12-13,15-18H,2-11,14,26H2,1H3. The molecule has 146 valence electrons. The Hall–Kier alpha value is -0.773. The van der Waals surface area contributed by atoms with Gasteiger partial charge in [-0.1, -0.05) is 56.7 Å². The van der Waals surface area contributed by atoms with Gasteiger partial charge in [-0.2, -0.15) is 0 Å². The molecular formula is C22H33F3Si. The van der Waals surface area contributed by atoms with E-state index in [4.69, 9.17) is 0 Å². The van der Waals surface area contributed by atoms with E-state index in [0.717, 1.165) is 29.0 Å². The first kappa shape index (κ1) is 20.0. The van der Waals surface area contributed by atoms with Gasteiger partial charge in [0.2, 0.25) is 0 Å². The van der Waals surface area contributed by atoms with Gasteiger partial charge in [-0.15, -0.1) is 0 Å². The molecular weight excluding hydrogens is 349 g/mol. The maximum absolute atomic E-state index is 13.3. The number of rotatable bonds is 6. The van der Waals surface area contributed by atoms with Gasteiger partial charge in [0.25, 0.3) is 0 Å². The molecule has 0 heterocycles. The van der Waals surface area contributed by atoms with Gasteiger partial charge in [0.15, 0.2) is 17.5 Å². The van der Waals surface area contributed by atoms with Crippen LogP contribution in [0.3, 0.4) is 0 Å². The minimum Gasteiger partial charge on any atom is -0.204 e. The molecule has 0 aliphatic heterocycles. The largest absolute Gasteiger partial charge is 0.204 e. The van der Waals surface area contributed by atoms with Crippen LogP contribution in [0, 0.1) is 41.1 Å². The Bertz CT molecular complexity index is 550. The van der Waals surface area contributed by atoms with E-state index in [1.165, 1.54) is 76.3 Å². The van der Waals surface area contributed by atoms with Crippen LogP contribution in [0.15, 0.2) is 12.1 Å². The Balaban J connectivity index is 1.40. The quantitative estimate of drug-likeness (QED) is 0.435. The van der Waals surface area contributed by atoms with Crippen LogP contribution in [0.1, 0.15) is 71.1 Å². The van der Waals surface area contributed by atoms with Crippen LogP contribution < -0.4 is 5.19 Å². The molecule has 0 saturated heterocycles. The molecule has 2 aliphatic carbocycles. The van der Waals surface area contributed by atoms with Crippen molar-refractivity contribution in [2.75, 3.05) is 0 Å². The van der Waals surface area contributed by atoms with Crippen molar-refractivity contribution in [3.63, 3.8) is 0 Å². The SMILES string of the molecule is CCCC1CCC(C2CCC(C[SiH2]c3cc(F)c(F)c(F)c3)CC2)CC1. The molecule has 0 aromatic heterocycles. The third kappa shape index (κ3) is 5.14. The van der Waals surface area contributed by atoms with Crippen LogP contribution in [0.25, 0.3) is 0 Å². The normalized spacial score (nSPS) is 30.2. The van der Waals surface area contributed by atoms with Crippen molar-refractivity contribution in [1.29, 1.82) is 0 Å². The highest BCUT2D eigenvalue weighted by Crippen LogP contribution is 2.42. The molecule has 4 heteroatoms. The number of halogens is 3. The maximum atomic E-state index is 13.3. The molecule has 0 nitrogen and oxygen atoms in total. The summed E-state index contributed by atoms with van der Waals surface area (Å²) in [6, 6.07) is 3.52. The summed E-state index contributed by atoms with van der Waals surface area (Å²) in [4.78, 5) is 0. The molecule has 0 bridgehead atoms. The fraction of sp³-hybridized carbons (Fsp3) is 0.727. The molecule has 0 N–H and O–H groups in total. The molecule has 0 unspecified atom stereocenters. The first-order valence-electron chi connectivity index (χ1n) is 10.7. The summed E-state index contributed by atoms with van der Waals surface area (Å²) in [7, 11) is -0.715. The van der Waals surface area contributed by atoms with Crippen LogP contribution in [-0.4, -0.2) is 9.52 Å². The number of hydrogen-bond acceptors (Lipinski definition) is 0. The fourth-order valence-electron chi connectivity index (χ4n) is 5.43. The van der Waals surface area contributed by atoms with Crippen LogP contribution in [0.5, 0.6) is 0 Å². The monoisotopic (exact) mass is 382 g/mol. The van der Waals surface area contributed by atoms with E-state index in [2.05, 4.69) is 6.92 Å². The predicted molar refractivity (Wildman–Crippen MR) is 105 cm³/mol. The van der Waals surface area contributed by atoms with Gasteiger partial charge in [-0.3, -0.25) is 0 Å². The lowest BCUT2D eigenvalue weighted by Crippen LogP contribution is -2.27. The van der Waals surface area contributed by atoms with E-state index in [1.807, 2.05) is 0 Å². The lowest BCUT2D eigenvalue weighted by Gasteiger charge is -2.38. The Kier molecular flexibility index (Phi) is 7.25. The summed E-state index contributed by atoms with van der Waals surface area (Å²) in [5.74, 6) is 0.153. The zero-order valence-corrected chi connectivity index (χ0v) is 17.5.